The number of methoxy groups -OCH3 is 1. The van der Waals surface area contributed by atoms with E-state index in [2.05, 4.69) is 25.6 Å². The molecular formula is C38H39N7O5. The second-order valence-electron chi connectivity index (χ2n) is 13.0. The number of aromatic amines is 1. The number of hydrogen-bond acceptors (Lipinski definition) is 7. The van der Waals surface area contributed by atoms with Gasteiger partial charge in [-0.25, -0.2) is 4.79 Å². The molecule has 2 aliphatic rings. The first-order valence-corrected chi connectivity index (χ1v) is 16.4. The van der Waals surface area contributed by atoms with Gasteiger partial charge in [-0.3, -0.25) is 14.3 Å². The van der Waals surface area contributed by atoms with Crippen LogP contribution in [0.3, 0.4) is 0 Å². The highest BCUT2D eigenvalue weighted by atomic mass is 16.5. The number of ether oxygens (including phenoxy) is 2. The van der Waals surface area contributed by atoms with Crippen molar-refractivity contribution in [3.63, 3.8) is 0 Å². The molecule has 12 heteroatoms. The molecule has 0 spiro atoms. The van der Waals surface area contributed by atoms with Crippen molar-refractivity contribution in [1.29, 1.82) is 0 Å². The molecule has 4 heterocycles. The summed E-state index contributed by atoms with van der Waals surface area (Å²) < 4.78 is 13.4. The quantitative estimate of drug-likeness (QED) is 0.175. The maximum absolute atomic E-state index is 13.7. The molecule has 3 aromatic carbocycles. The van der Waals surface area contributed by atoms with Crippen molar-refractivity contribution in [3.8, 4) is 22.8 Å². The number of aromatic nitrogens is 3. The molecule has 2 aliphatic heterocycles. The van der Waals surface area contributed by atoms with Crippen LogP contribution in [0.15, 0.2) is 66.4 Å². The van der Waals surface area contributed by atoms with E-state index in [1.165, 1.54) is 0 Å². The zero-order chi connectivity index (χ0) is 35.3. The maximum atomic E-state index is 13.7. The summed E-state index contributed by atoms with van der Waals surface area (Å²) in [6.45, 7) is 5.38. The van der Waals surface area contributed by atoms with Crippen molar-refractivity contribution in [2.45, 2.75) is 26.3 Å². The van der Waals surface area contributed by atoms with Crippen molar-refractivity contribution < 1.29 is 23.9 Å². The SMILES string of the molecule is COc1ccc2[nH]c(-c3c(C)nn(C)c3C)c(/C=C3\Oc4ccc(NC(=O)Nc5ccc(C(=O)N6CCC(N(C)C)C6)cc5)cc4C3=O)c2c1. The fourth-order valence-corrected chi connectivity index (χ4v) is 6.72. The number of likely N-dealkylation sites (tertiary alicyclic amines) is 1. The highest BCUT2D eigenvalue weighted by Gasteiger charge is 2.30. The van der Waals surface area contributed by atoms with Gasteiger partial charge in [-0.1, -0.05) is 0 Å². The van der Waals surface area contributed by atoms with Crippen molar-refractivity contribution in [2.24, 2.45) is 7.05 Å². The second kappa shape index (κ2) is 12.9. The van der Waals surface area contributed by atoms with Crippen LogP contribution in [0, 0.1) is 13.8 Å². The maximum Gasteiger partial charge on any atom is 0.323 e. The Morgan fingerprint density at radius 2 is 1.78 bits per heavy atom. The summed E-state index contributed by atoms with van der Waals surface area (Å²) in [7, 11) is 7.57. The van der Waals surface area contributed by atoms with Crippen LogP contribution < -0.4 is 20.1 Å². The van der Waals surface area contributed by atoms with Gasteiger partial charge in [0.25, 0.3) is 5.91 Å². The van der Waals surface area contributed by atoms with E-state index in [4.69, 9.17) is 9.47 Å². The van der Waals surface area contributed by atoms with Gasteiger partial charge < -0.3 is 34.9 Å². The van der Waals surface area contributed by atoms with Crippen molar-refractivity contribution in [2.75, 3.05) is 44.9 Å². The van der Waals surface area contributed by atoms with Crippen LogP contribution in [0.5, 0.6) is 11.5 Å². The zero-order valence-corrected chi connectivity index (χ0v) is 28.9. The number of amides is 3. The number of ketones is 1. The van der Waals surface area contributed by atoms with Crippen LogP contribution in [0.25, 0.3) is 28.2 Å². The number of urea groups is 1. The Hall–Kier alpha value is -5.88. The molecule has 5 aromatic rings. The molecule has 3 N–H and O–H groups in total. The molecule has 0 aliphatic carbocycles. The average Bonchev–Trinajstić information content (AvgIpc) is 3.86. The van der Waals surface area contributed by atoms with Crippen LogP contribution >= 0.6 is 0 Å². The Bertz CT molecular complexity index is 2200. The molecule has 2 aromatic heterocycles. The van der Waals surface area contributed by atoms with Gasteiger partial charge in [-0.2, -0.15) is 5.10 Å². The molecule has 1 atom stereocenters. The molecule has 0 radical (unpaired) electrons. The van der Waals surface area contributed by atoms with Gasteiger partial charge in [-0.05, 0) is 101 Å². The number of fused-ring (bicyclic) bond motifs is 2. The van der Waals surface area contributed by atoms with E-state index in [0.29, 0.717) is 46.6 Å². The predicted molar refractivity (Wildman–Crippen MR) is 193 cm³/mol. The molecule has 0 saturated carbocycles. The normalized spacial score (nSPS) is 16.3. The number of nitrogens with one attached hydrogen (secondary N) is 3. The number of benzene rings is 3. The second-order valence-corrected chi connectivity index (χ2v) is 13.0. The molecular weight excluding hydrogens is 634 g/mol. The molecule has 1 unspecified atom stereocenters. The molecule has 1 saturated heterocycles. The number of nitrogens with zero attached hydrogens (tertiary/aromatic N) is 4. The first-order valence-electron chi connectivity index (χ1n) is 16.4. The highest BCUT2D eigenvalue weighted by Crippen LogP contribution is 2.40. The Kier molecular flexibility index (Phi) is 8.40. The molecule has 50 heavy (non-hydrogen) atoms. The average molecular weight is 674 g/mol. The molecule has 3 amide bonds. The number of rotatable bonds is 7. The van der Waals surface area contributed by atoms with E-state index >= 15 is 0 Å². The minimum atomic E-state index is -0.487. The van der Waals surface area contributed by atoms with Crippen LogP contribution in [0.2, 0.25) is 0 Å². The highest BCUT2D eigenvalue weighted by molar-refractivity contribution is 6.16. The van der Waals surface area contributed by atoms with Crippen molar-refractivity contribution in [3.05, 3.63) is 94.5 Å². The number of hydrogen-bond donors (Lipinski definition) is 3. The number of Topliss-reactive ketones (excluding diaryl/α,β-unsaturated/α-hetero) is 1. The summed E-state index contributed by atoms with van der Waals surface area (Å²) in [5.74, 6) is 0.915. The lowest BCUT2D eigenvalue weighted by Gasteiger charge is -2.20. The Labute approximate surface area is 289 Å². The number of allylic oxidation sites excluding steroid dienone is 1. The van der Waals surface area contributed by atoms with E-state index in [1.54, 1.807) is 55.7 Å². The van der Waals surface area contributed by atoms with Gasteiger partial charge in [0.1, 0.15) is 11.5 Å². The fraction of sp³-hybridized carbons (Fsp3) is 0.263. The minimum Gasteiger partial charge on any atom is -0.497 e. The summed E-state index contributed by atoms with van der Waals surface area (Å²) in [5.41, 5.74) is 7.11. The van der Waals surface area contributed by atoms with E-state index in [0.717, 1.165) is 52.1 Å². The molecule has 256 valence electrons. The summed E-state index contributed by atoms with van der Waals surface area (Å²) >= 11 is 0. The fourth-order valence-electron chi connectivity index (χ4n) is 6.72. The summed E-state index contributed by atoms with van der Waals surface area (Å²) in [4.78, 5) is 47.1. The lowest BCUT2D eigenvalue weighted by Crippen LogP contribution is -2.34. The zero-order valence-electron chi connectivity index (χ0n) is 28.9. The Balaban J connectivity index is 1.08. The Morgan fingerprint density at radius 3 is 2.46 bits per heavy atom. The third-order valence-electron chi connectivity index (χ3n) is 9.58. The van der Waals surface area contributed by atoms with Crippen molar-refractivity contribution in [1.82, 2.24) is 24.6 Å². The van der Waals surface area contributed by atoms with E-state index < -0.39 is 6.03 Å². The lowest BCUT2D eigenvalue weighted by molar-refractivity contribution is 0.0783. The van der Waals surface area contributed by atoms with Crippen LogP contribution in [-0.2, 0) is 7.05 Å². The van der Waals surface area contributed by atoms with E-state index in [1.807, 2.05) is 62.8 Å². The topological polar surface area (TPSA) is 134 Å². The third-order valence-corrected chi connectivity index (χ3v) is 9.58. The third kappa shape index (κ3) is 5.98. The van der Waals surface area contributed by atoms with E-state index in [9.17, 15) is 14.4 Å². The lowest BCUT2D eigenvalue weighted by atomic mass is 10.0. The van der Waals surface area contributed by atoms with Gasteiger partial charge in [0.15, 0.2) is 5.76 Å². The standard InChI is InChI=1S/C38H39N7O5/c1-21-34(22(2)44(5)42-21)35-29(28-18-27(49-6)12-13-31(28)41-35)19-33-36(46)30-17-25(11-14-32(30)50-33)40-38(48)39-24-9-7-23(8-10-24)37(47)45-16-15-26(20-45)43(3)4/h7-14,17-19,26,41H,15-16,20H2,1-6H3,(H2,39,40,48)/b33-19-. The summed E-state index contributed by atoms with van der Waals surface area (Å²) in [6.07, 6.45) is 2.70. The van der Waals surface area contributed by atoms with Gasteiger partial charge in [0.2, 0.25) is 5.78 Å². The predicted octanol–water partition coefficient (Wildman–Crippen LogP) is 6.23. The van der Waals surface area contributed by atoms with Gasteiger partial charge >= 0.3 is 6.03 Å². The monoisotopic (exact) mass is 673 g/mol. The number of anilines is 2. The van der Waals surface area contributed by atoms with Gasteiger partial charge in [-0.15, -0.1) is 0 Å². The molecule has 12 nitrogen and oxygen atoms in total. The van der Waals surface area contributed by atoms with Gasteiger partial charge in [0.05, 0.1) is 24.1 Å². The van der Waals surface area contributed by atoms with Crippen LogP contribution in [-0.4, -0.2) is 82.6 Å². The Morgan fingerprint density at radius 1 is 1.04 bits per heavy atom. The first kappa shape index (κ1) is 32.7. The van der Waals surface area contributed by atoms with Crippen LogP contribution in [0.4, 0.5) is 16.2 Å². The van der Waals surface area contributed by atoms with E-state index in [-0.39, 0.29) is 17.4 Å². The van der Waals surface area contributed by atoms with Crippen molar-refractivity contribution >= 4 is 46.1 Å². The number of H-pyrrole nitrogens is 1. The first-order chi connectivity index (χ1) is 24.0. The largest absolute Gasteiger partial charge is 0.497 e. The van der Waals surface area contributed by atoms with Crippen LogP contribution in [0.1, 0.15) is 44.1 Å². The molecule has 1 fully saturated rings. The molecule has 0 bridgehead atoms. The number of carbonyl (C=O) groups is 3. The number of carbonyl (C=O) groups excluding carboxylic acids is 3. The molecule has 7 rings (SSSR count). The number of aryl methyl sites for hydroxylation is 2. The smallest absolute Gasteiger partial charge is 0.323 e. The number of likely N-dealkylation sites (N-methyl/N-ethyl adjacent to an activating group) is 1. The van der Waals surface area contributed by atoms with Gasteiger partial charge in [0, 0.05) is 70.8 Å². The summed E-state index contributed by atoms with van der Waals surface area (Å²) in [5, 5.41) is 11.1. The minimum absolute atomic E-state index is 0.0215. The summed E-state index contributed by atoms with van der Waals surface area (Å²) in [6, 6.07) is 17.4.